The fourth-order valence-electron chi connectivity index (χ4n) is 2.37. The quantitative estimate of drug-likeness (QED) is 0.760. The zero-order chi connectivity index (χ0) is 15.1. The number of carbonyl (C=O) groups excluding carboxylic acids is 1. The highest BCUT2D eigenvalue weighted by Gasteiger charge is 2.12. The Morgan fingerprint density at radius 2 is 2.19 bits per heavy atom. The van der Waals surface area contributed by atoms with Gasteiger partial charge in [0.05, 0.1) is 0 Å². The average Bonchev–Trinajstić information content (AvgIpc) is 2.84. The highest BCUT2D eigenvalue weighted by Crippen LogP contribution is 2.15. The second-order valence-corrected chi connectivity index (χ2v) is 5.23. The van der Waals surface area contributed by atoms with Crippen LogP contribution in [-0.2, 0) is 17.8 Å². The molecule has 2 heterocycles. The first-order valence-corrected chi connectivity index (χ1v) is 7.83. The molecule has 0 spiro atoms. The van der Waals surface area contributed by atoms with Crippen molar-refractivity contribution in [1.29, 1.82) is 0 Å². The molecule has 2 aromatic rings. The molecule has 114 valence electrons. The molecule has 0 aliphatic carbocycles. The second-order valence-electron chi connectivity index (χ2n) is 5.23. The van der Waals surface area contributed by atoms with Crippen LogP contribution < -0.4 is 5.32 Å². The summed E-state index contributed by atoms with van der Waals surface area (Å²) in [6.45, 7) is 5.91. The maximum Gasteiger partial charge on any atom is 0.220 e. The molecule has 0 saturated carbocycles. The Bertz CT molecular complexity index is 591. The zero-order valence-corrected chi connectivity index (χ0v) is 12.9. The van der Waals surface area contributed by atoms with Gasteiger partial charge in [0.15, 0.2) is 5.65 Å². The number of aryl methyl sites for hydroxylation is 2. The first-order valence-electron chi connectivity index (χ1n) is 7.83. The van der Waals surface area contributed by atoms with Gasteiger partial charge < -0.3 is 9.88 Å². The molecule has 2 aromatic heterocycles. The standard InChI is InChI=1S/C16H24N4O/c1-3-5-10-17-15(21)9-8-14-19-13-7-6-11-18-16(13)20(14)12-4-2/h6-7,11H,3-5,8-10,12H2,1-2H3,(H,17,21). The second kappa shape index (κ2) is 7.76. The maximum atomic E-state index is 11.8. The molecule has 5 nitrogen and oxygen atoms in total. The van der Waals surface area contributed by atoms with E-state index in [1.807, 2.05) is 12.1 Å². The first kappa shape index (κ1) is 15.5. The van der Waals surface area contributed by atoms with Gasteiger partial charge in [-0.3, -0.25) is 4.79 Å². The molecule has 0 atom stereocenters. The number of pyridine rings is 1. The molecule has 0 aliphatic heterocycles. The summed E-state index contributed by atoms with van der Waals surface area (Å²) in [6.07, 6.45) is 6.09. The Morgan fingerprint density at radius 1 is 1.33 bits per heavy atom. The lowest BCUT2D eigenvalue weighted by Crippen LogP contribution is -2.24. The molecule has 0 aliphatic rings. The summed E-state index contributed by atoms with van der Waals surface area (Å²) in [4.78, 5) is 20.8. The van der Waals surface area contributed by atoms with E-state index in [0.717, 1.165) is 49.3 Å². The molecule has 1 N–H and O–H groups in total. The van der Waals surface area contributed by atoms with Gasteiger partial charge in [-0.15, -0.1) is 0 Å². The molecule has 1 amide bonds. The lowest BCUT2D eigenvalue weighted by molar-refractivity contribution is -0.121. The number of fused-ring (bicyclic) bond motifs is 1. The van der Waals surface area contributed by atoms with Crippen molar-refractivity contribution >= 4 is 17.1 Å². The van der Waals surface area contributed by atoms with Crippen molar-refractivity contribution in [3.8, 4) is 0 Å². The number of imidazole rings is 1. The fraction of sp³-hybridized carbons (Fsp3) is 0.562. The number of rotatable bonds is 8. The molecular weight excluding hydrogens is 264 g/mol. The number of amides is 1. The molecule has 0 unspecified atom stereocenters. The minimum Gasteiger partial charge on any atom is -0.356 e. The molecule has 5 heteroatoms. The first-order chi connectivity index (χ1) is 10.3. The molecule has 0 bridgehead atoms. The van der Waals surface area contributed by atoms with E-state index in [4.69, 9.17) is 0 Å². The van der Waals surface area contributed by atoms with Crippen LogP contribution >= 0.6 is 0 Å². The number of unbranched alkanes of at least 4 members (excludes halogenated alkanes) is 1. The number of aromatic nitrogens is 3. The van der Waals surface area contributed by atoms with Gasteiger partial charge in [0, 0.05) is 32.1 Å². The average molecular weight is 288 g/mol. The summed E-state index contributed by atoms with van der Waals surface area (Å²) in [7, 11) is 0. The zero-order valence-electron chi connectivity index (χ0n) is 12.9. The summed E-state index contributed by atoms with van der Waals surface area (Å²) in [5.41, 5.74) is 1.83. The largest absolute Gasteiger partial charge is 0.356 e. The van der Waals surface area contributed by atoms with Gasteiger partial charge in [0.2, 0.25) is 5.91 Å². The predicted molar refractivity (Wildman–Crippen MR) is 84.1 cm³/mol. The monoisotopic (exact) mass is 288 g/mol. The van der Waals surface area contributed by atoms with Crippen molar-refractivity contribution in [2.75, 3.05) is 6.54 Å². The van der Waals surface area contributed by atoms with Gasteiger partial charge >= 0.3 is 0 Å². The SMILES string of the molecule is CCCCNC(=O)CCc1nc2cccnc2n1CCC. The van der Waals surface area contributed by atoms with Crippen LogP contribution in [0.15, 0.2) is 18.3 Å². The molecule has 2 rings (SSSR count). The van der Waals surface area contributed by atoms with Crippen molar-refractivity contribution in [3.05, 3.63) is 24.2 Å². The minimum atomic E-state index is 0.103. The number of nitrogens with one attached hydrogen (secondary N) is 1. The number of hydrogen-bond donors (Lipinski definition) is 1. The van der Waals surface area contributed by atoms with E-state index in [1.54, 1.807) is 6.20 Å². The minimum absolute atomic E-state index is 0.103. The summed E-state index contributed by atoms with van der Waals surface area (Å²) in [6, 6.07) is 3.87. The Kier molecular flexibility index (Phi) is 5.72. The fourth-order valence-corrected chi connectivity index (χ4v) is 2.37. The lowest BCUT2D eigenvalue weighted by Gasteiger charge is -2.07. The summed E-state index contributed by atoms with van der Waals surface area (Å²) >= 11 is 0. The van der Waals surface area contributed by atoms with E-state index in [1.165, 1.54) is 0 Å². The number of carbonyl (C=O) groups is 1. The van der Waals surface area contributed by atoms with Crippen molar-refractivity contribution < 1.29 is 4.79 Å². The van der Waals surface area contributed by atoms with Gasteiger partial charge in [-0.05, 0) is 25.0 Å². The molecular formula is C16H24N4O. The third-order valence-corrected chi connectivity index (χ3v) is 3.46. The molecule has 21 heavy (non-hydrogen) atoms. The Balaban J connectivity index is 2.03. The van der Waals surface area contributed by atoms with Gasteiger partial charge in [0.1, 0.15) is 11.3 Å². The smallest absolute Gasteiger partial charge is 0.220 e. The Hall–Kier alpha value is -1.91. The van der Waals surface area contributed by atoms with Crippen molar-refractivity contribution in [2.45, 2.75) is 52.5 Å². The summed E-state index contributed by atoms with van der Waals surface area (Å²) in [5.74, 6) is 1.06. The van der Waals surface area contributed by atoms with Crippen LogP contribution in [0.4, 0.5) is 0 Å². The van der Waals surface area contributed by atoms with E-state index >= 15 is 0 Å². The van der Waals surface area contributed by atoms with Gasteiger partial charge in [-0.25, -0.2) is 9.97 Å². The van der Waals surface area contributed by atoms with Crippen molar-refractivity contribution in [2.24, 2.45) is 0 Å². The molecule has 0 aromatic carbocycles. The third-order valence-electron chi connectivity index (χ3n) is 3.46. The van der Waals surface area contributed by atoms with Gasteiger partial charge in [0.25, 0.3) is 0 Å². The van der Waals surface area contributed by atoms with Crippen molar-refractivity contribution in [3.63, 3.8) is 0 Å². The molecule has 0 radical (unpaired) electrons. The van der Waals surface area contributed by atoms with E-state index in [-0.39, 0.29) is 5.91 Å². The van der Waals surface area contributed by atoms with Crippen LogP contribution in [-0.4, -0.2) is 27.0 Å². The highest BCUT2D eigenvalue weighted by atomic mass is 16.1. The van der Waals surface area contributed by atoms with E-state index in [0.29, 0.717) is 12.8 Å². The maximum absolute atomic E-state index is 11.8. The molecule has 0 saturated heterocycles. The van der Waals surface area contributed by atoms with Crippen LogP contribution in [0.25, 0.3) is 11.2 Å². The summed E-state index contributed by atoms with van der Waals surface area (Å²) in [5, 5.41) is 2.95. The predicted octanol–water partition coefficient (Wildman–Crippen LogP) is 2.69. The lowest BCUT2D eigenvalue weighted by atomic mass is 10.2. The topological polar surface area (TPSA) is 59.8 Å². The van der Waals surface area contributed by atoms with Gasteiger partial charge in [-0.2, -0.15) is 0 Å². The van der Waals surface area contributed by atoms with Crippen LogP contribution in [0.1, 0.15) is 45.4 Å². The van der Waals surface area contributed by atoms with E-state index in [9.17, 15) is 4.79 Å². The summed E-state index contributed by atoms with van der Waals surface area (Å²) < 4.78 is 2.13. The van der Waals surface area contributed by atoms with Crippen LogP contribution in [0.3, 0.4) is 0 Å². The third kappa shape index (κ3) is 4.03. The van der Waals surface area contributed by atoms with E-state index < -0.39 is 0 Å². The Labute approximate surface area is 125 Å². The van der Waals surface area contributed by atoms with E-state index in [2.05, 4.69) is 33.7 Å². The van der Waals surface area contributed by atoms with Gasteiger partial charge in [-0.1, -0.05) is 20.3 Å². The Morgan fingerprint density at radius 3 is 2.95 bits per heavy atom. The van der Waals surface area contributed by atoms with Crippen molar-refractivity contribution in [1.82, 2.24) is 19.9 Å². The molecule has 0 fully saturated rings. The van der Waals surface area contributed by atoms with Crippen LogP contribution in [0.2, 0.25) is 0 Å². The highest BCUT2D eigenvalue weighted by molar-refractivity contribution is 5.76. The van der Waals surface area contributed by atoms with Crippen LogP contribution in [0.5, 0.6) is 0 Å². The normalized spacial score (nSPS) is 11.0. The number of nitrogens with zero attached hydrogens (tertiary/aromatic N) is 3. The van der Waals surface area contributed by atoms with Crippen LogP contribution in [0, 0.1) is 0 Å². The number of hydrogen-bond acceptors (Lipinski definition) is 3.